The van der Waals surface area contributed by atoms with Crippen molar-refractivity contribution < 1.29 is 27.6 Å². The summed E-state index contributed by atoms with van der Waals surface area (Å²) in [6, 6.07) is 7.92. The smallest absolute Gasteiger partial charge is 0.389 e. The van der Waals surface area contributed by atoms with Crippen molar-refractivity contribution >= 4 is 33.3 Å². The van der Waals surface area contributed by atoms with Crippen molar-refractivity contribution in [1.29, 1.82) is 0 Å². The molecular weight excluding hydrogens is 458 g/mol. The lowest BCUT2D eigenvalue weighted by Crippen LogP contribution is -2.16. The Morgan fingerprint density at radius 1 is 1.15 bits per heavy atom. The maximum absolute atomic E-state index is 12.6. The van der Waals surface area contributed by atoms with Gasteiger partial charge in [-0.15, -0.1) is 0 Å². The molecule has 2 N–H and O–H groups in total. The summed E-state index contributed by atoms with van der Waals surface area (Å²) in [4.78, 5) is 29.9. The zero-order chi connectivity index (χ0) is 24.0. The number of hydrogen-bond donors (Lipinski definition) is 2. The normalized spacial score (nSPS) is 11.0. The summed E-state index contributed by atoms with van der Waals surface area (Å²) in [5.74, 6) is -0.612. The zero-order valence-electron chi connectivity index (χ0n) is 17.5. The molecule has 0 spiro atoms. The van der Waals surface area contributed by atoms with Crippen LogP contribution in [0.4, 0.5) is 17.3 Å². The van der Waals surface area contributed by atoms with E-state index in [4.69, 9.17) is 9.47 Å². The predicted octanol–water partition coefficient (Wildman–Crippen LogP) is 1.43. The Balaban J connectivity index is 1.61. The van der Waals surface area contributed by atoms with Crippen LogP contribution in [0.15, 0.2) is 47.5 Å². The summed E-state index contributed by atoms with van der Waals surface area (Å²) < 4.78 is 38.8. The van der Waals surface area contributed by atoms with Crippen LogP contribution in [0.3, 0.4) is 0 Å². The Morgan fingerprint density at radius 3 is 2.48 bits per heavy atom. The molecule has 1 amide bonds. The number of nitrogens with one attached hydrogen (secondary N) is 2. The van der Waals surface area contributed by atoms with Crippen LogP contribution in [0.5, 0.6) is 11.9 Å². The number of nitrogens with zero attached hydrogens (tertiary/aromatic N) is 5. The molecule has 0 aliphatic heterocycles. The largest absolute Gasteiger partial charge is 0.481 e. The number of carbonyl (C=O) groups excluding carboxylic acids is 1. The molecule has 14 nitrogen and oxygen atoms in total. The maximum Gasteiger partial charge on any atom is 0.389 e. The van der Waals surface area contributed by atoms with Gasteiger partial charge in [0, 0.05) is 18.2 Å². The fourth-order valence-electron chi connectivity index (χ4n) is 2.58. The van der Waals surface area contributed by atoms with Crippen LogP contribution in [-0.4, -0.2) is 53.2 Å². The molecule has 0 atom stereocenters. The Kier molecular flexibility index (Phi) is 7.02. The molecule has 2 aromatic heterocycles. The van der Waals surface area contributed by atoms with E-state index in [0.717, 1.165) is 0 Å². The fourth-order valence-corrected chi connectivity index (χ4v) is 3.57. The second-order valence-electron chi connectivity index (χ2n) is 6.40. The van der Waals surface area contributed by atoms with Crippen molar-refractivity contribution in [2.24, 2.45) is 0 Å². The number of aryl methyl sites for hydroxylation is 1. The average Bonchev–Trinajstić information content (AvgIpc) is 3.27. The first kappa shape index (κ1) is 23.4. The van der Waals surface area contributed by atoms with Crippen LogP contribution in [-0.2, 0) is 21.4 Å². The average molecular weight is 477 g/mol. The van der Waals surface area contributed by atoms with Gasteiger partial charge in [-0.1, -0.05) is 0 Å². The lowest BCUT2D eigenvalue weighted by Gasteiger charge is -2.10. The summed E-state index contributed by atoms with van der Waals surface area (Å²) >= 11 is 0. The van der Waals surface area contributed by atoms with Crippen molar-refractivity contribution in [1.82, 2.24) is 19.7 Å². The van der Waals surface area contributed by atoms with Crippen LogP contribution in [0, 0.1) is 10.1 Å². The third kappa shape index (κ3) is 6.13. The Labute approximate surface area is 187 Å². The van der Waals surface area contributed by atoms with E-state index in [1.165, 1.54) is 61.5 Å². The summed E-state index contributed by atoms with van der Waals surface area (Å²) in [6.45, 7) is 0.141. The highest BCUT2D eigenvalue weighted by atomic mass is 32.2. The van der Waals surface area contributed by atoms with Gasteiger partial charge in [-0.2, -0.15) is 14.6 Å². The Bertz CT molecular complexity index is 1240. The predicted molar refractivity (Wildman–Crippen MR) is 115 cm³/mol. The molecule has 0 fully saturated rings. The van der Waals surface area contributed by atoms with Crippen LogP contribution in [0.2, 0.25) is 0 Å². The standard InChI is InChI=1S/C18H19N7O7S/c1-31-17-11-14(20-18(21-17)32-2)23-33(29,30)13-5-3-12(4-6-13)19-16(26)8-10-24-9-7-15(22-24)25(27)28/h3-7,9,11H,8,10H2,1-2H3,(H,19,26)(H,20,21,23). The zero-order valence-corrected chi connectivity index (χ0v) is 18.3. The van der Waals surface area contributed by atoms with Crippen molar-refractivity contribution in [3.8, 4) is 11.9 Å². The molecule has 0 unspecified atom stereocenters. The highest BCUT2D eigenvalue weighted by molar-refractivity contribution is 7.92. The van der Waals surface area contributed by atoms with E-state index in [0.29, 0.717) is 5.69 Å². The first-order chi connectivity index (χ1) is 15.7. The number of amides is 1. The van der Waals surface area contributed by atoms with Crippen molar-refractivity contribution in [3.63, 3.8) is 0 Å². The number of hydrogen-bond acceptors (Lipinski definition) is 10. The molecular formula is C18H19N7O7S. The summed E-state index contributed by atoms with van der Waals surface area (Å²) in [5.41, 5.74) is 0.371. The molecule has 2 heterocycles. The second-order valence-corrected chi connectivity index (χ2v) is 8.09. The van der Waals surface area contributed by atoms with Gasteiger partial charge in [-0.05, 0) is 29.2 Å². The Morgan fingerprint density at radius 2 is 1.88 bits per heavy atom. The lowest BCUT2D eigenvalue weighted by atomic mass is 10.3. The number of sulfonamides is 1. The third-order valence-corrected chi connectivity index (χ3v) is 5.51. The van der Waals surface area contributed by atoms with Gasteiger partial charge in [0.1, 0.15) is 0 Å². The first-order valence-electron chi connectivity index (χ1n) is 9.28. The number of rotatable bonds is 10. The lowest BCUT2D eigenvalue weighted by molar-refractivity contribution is -0.389. The van der Waals surface area contributed by atoms with Crippen molar-refractivity contribution in [2.45, 2.75) is 17.9 Å². The molecule has 174 valence electrons. The number of aromatic nitrogens is 4. The number of methoxy groups -OCH3 is 2. The Hall–Kier alpha value is -4.27. The van der Waals surface area contributed by atoms with Gasteiger partial charge >= 0.3 is 11.8 Å². The van der Waals surface area contributed by atoms with Crippen LogP contribution >= 0.6 is 0 Å². The van der Waals surface area contributed by atoms with Crippen LogP contribution in [0.25, 0.3) is 0 Å². The van der Waals surface area contributed by atoms with Gasteiger partial charge < -0.3 is 24.9 Å². The van der Waals surface area contributed by atoms with E-state index >= 15 is 0 Å². The highest BCUT2D eigenvalue weighted by Gasteiger charge is 2.17. The molecule has 15 heteroatoms. The molecule has 3 rings (SSSR count). The number of anilines is 2. The van der Waals surface area contributed by atoms with Gasteiger partial charge in [0.25, 0.3) is 10.0 Å². The molecule has 0 aliphatic rings. The van der Waals surface area contributed by atoms with Crippen LogP contribution in [0.1, 0.15) is 6.42 Å². The second kappa shape index (κ2) is 9.90. The minimum atomic E-state index is -3.99. The monoisotopic (exact) mass is 477 g/mol. The minimum absolute atomic E-state index is 0.0117. The SMILES string of the molecule is COc1cc(NS(=O)(=O)c2ccc(NC(=O)CCn3ccc([N+](=O)[O-])n3)cc2)nc(OC)n1. The summed E-state index contributed by atoms with van der Waals surface area (Å²) in [5, 5.41) is 17.0. The van der Waals surface area contributed by atoms with Gasteiger partial charge in [0.05, 0.1) is 43.0 Å². The van der Waals surface area contributed by atoms with E-state index in [2.05, 4.69) is 25.1 Å². The third-order valence-electron chi connectivity index (χ3n) is 4.14. The summed E-state index contributed by atoms with van der Waals surface area (Å²) in [7, 11) is -1.29. The first-order valence-corrected chi connectivity index (χ1v) is 10.8. The number of carbonyl (C=O) groups is 1. The minimum Gasteiger partial charge on any atom is -0.481 e. The maximum atomic E-state index is 12.6. The fraction of sp³-hybridized carbons (Fsp3) is 0.222. The molecule has 0 radical (unpaired) electrons. The van der Waals surface area contributed by atoms with Gasteiger partial charge in [-0.25, -0.2) is 8.42 Å². The van der Waals surface area contributed by atoms with E-state index in [1.807, 2.05) is 0 Å². The molecule has 0 saturated heterocycles. The number of nitro groups is 1. The van der Waals surface area contributed by atoms with E-state index in [-0.39, 0.29) is 47.3 Å². The van der Waals surface area contributed by atoms with E-state index in [1.54, 1.807) is 0 Å². The number of ether oxygens (including phenoxy) is 2. The molecule has 33 heavy (non-hydrogen) atoms. The van der Waals surface area contributed by atoms with E-state index in [9.17, 15) is 23.3 Å². The van der Waals surface area contributed by atoms with Crippen molar-refractivity contribution in [3.05, 3.63) is 52.7 Å². The molecule has 0 bridgehead atoms. The number of benzene rings is 1. The molecule has 0 saturated carbocycles. The van der Waals surface area contributed by atoms with E-state index < -0.39 is 14.9 Å². The van der Waals surface area contributed by atoms with Gasteiger partial charge in [-0.3, -0.25) is 9.52 Å². The molecule has 1 aromatic carbocycles. The topological polar surface area (TPSA) is 180 Å². The molecule has 3 aromatic rings. The van der Waals surface area contributed by atoms with Gasteiger partial charge in [0.2, 0.25) is 11.8 Å². The molecule has 0 aliphatic carbocycles. The van der Waals surface area contributed by atoms with Crippen molar-refractivity contribution in [2.75, 3.05) is 24.3 Å². The summed E-state index contributed by atoms with van der Waals surface area (Å²) in [6.07, 6.45) is 1.42. The quantitative estimate of drug-likeness (QED) is 0.320. The highest BCUT2D eigenvalue weighted by Crippen LogP contribution is 2.21. The van der Waals surface area contributed by atoms with Crippen LogP contribution < -0.4 is 19.5 Å². The van der Waals surface area contributed by atoms with Gasteiger partial charge in [0.15, 0.2) is 5.82 Å².